The summed E-state index contributed by atoms with van der Waals surface area (Å²) in [5.74, 6) is -4.85. The largest absolute Gasteiger partial charge is 0.458 e. The minimum absolute atomic E-state index is 0.424. The van der Waals surface area contributed by atoms with Gasteiger partial charge in [0.2, 0.25) is 0 Å². The van der Waals surface area contributed by atoms with Crippen molar-refractivity contribution in [1.29, 1.82) is 0 Å². The standard InChI is InChI=1S/C5HF5S2/c6-4(7,5(8,9)10)1-2(11)3(1)12/h11H. The smallest absolute Gasteiger partial charge is 0.191 e. The second-order valence-electron chi connectivity index (χ2n) is 2.12. The van der Waals surface area contributed by atoms with Crippen LogP contribution < -0.4 is 0 Å². The van der Waals surface area contributed by atoms with Crippen molar-refractivity contribution in [2.24, 2.45) is 0 Å². The van der Waals surface area contributed by atoms with E-state index in [0.717, 1.165) is 0 Å². The van der Waals surface area contributed by atoms with Crippen LogP contribution in [0, 0.1) is 4.51 Å². The van der Waals surface area contributed by atoms with Gasteiger partial charge in [0.1, 0.15) is 0 Å². The normalized spacial score (nSPS) is 14.2. The van der Waals surface area contributed by atoms with Crippen LogP contribution in [0.25, 0.3) is 0 Å². The molecule has 0 aliphatic carbocycles. The van der Waals surface area contributed by atoms with Crippen molar-refractivity contribution in [3.63, 3.8) is 0 Å². The minimum Gasteiger partial charge on any atom is -0.191 e. The maximum Gasteiger partial charge on any atom is 0.458 e. The molecule has 68 valence electrons. The fourth-order valence-electron chi connectivity index (χ4n) is 0.594. The second kappa shape index (κ2) is 2.41. The summed E-state index contributed by atoms with van der Waals surface area (Å²) in [4.78, 5) is -0.424. The van der Waals surface area contributed by atoms with E-state index < -0.39 is 27.1 Å². The summed E-state index contributed by atoms with van der Waals surface area (Å²) in [5, 5.41) is 0. The average molecular weight is 220 g/mol. The molecule has 0 amide bonds. The lowest BCUT2D eigenvalue weighted by Crippen LogP contribution is -2.31. The van der Waals surface area contributed by atoms with Gasteiger partial charge in [-0.15, -0.1) is 12.6 Å². The molecule has 0 fully saturated rings. The molecule has 7 heteroatoms. The Morgan fingerprint density at radius 3 is 1.50 bits per heavy atom. The van der Waals surface area contributed by atoms with Gasteiger partial charge < -0.3 is 0 Å². The number of hydrogen-bond donors (Lipinski definition) is 1. The molecule has 1 rings (SSSR count). The van der Waals surface area contributed by atoms with E-state index in [1.54, 1.807) is 0 Å². The van der Waals surface area contributed by atoms with Crippen molar-refractivity contribution in [2.75, 3.05) is 0 Å². The molecule has 0 radical (unpaired) electrons. The van der Waals surface area contributed by atoms with Gasteiger partial charge in [-0.05, 0) is 0 Å². The summed E-state index contributed by atoms with van der Waals surface area (Å²) in [5.41, 5.74) is -1.17. The highest BCUT2D eigenvalue weighted by Crippen LogP contribution is 2.51. The summed E-state index contributed by atoms with van der Waals surface area (Å²) in [6, 6.07) is 0. The van der Waals surface area contributed by atoms with Gasteiger partial charge in [-0.2, -0.15) is 22.0 Å². The molecule has 0 saturated carbocycles. The molecule has 0 saturated heterocycles. The van der Waals surface area contributed by atoms with E-state index in [2.05, 4.69) is 24.8 Å². The molecule has 0 aliphatic heterocycles. The summed E-state index contributed by atoms with van der Waals surface area (Å²) < 4.78 is 58.9. The molecule has 0 spiro atoms. The van der Waals surface area contributed by atoms with Crippen LogP contribution in [0.15, 0.2) is 4.90 Å². The predicted molar refractivity (Wildman–Crippen MR) is 36.8 cm³/mol. The predicted octanol–water partition coefficient (Wildman–Crippen LogP) is 3.23. The van der Waals surface area contributed by atoms with Gasteiger partial charge >= 0.3 is 12.1 Å². The van der Waals surface area contributed by atoms with E-state index in [4.69, 9.17) is 0 Å². The van der Waals surface area contributed by atoms with Crippen molar-refractivity contribution in [1.82, 2.24) is 0 Å². The highest BCUT2D eigenvalue weighted by Gasteiger charge is 2.62. The lowest BCUT2D eigenvalue weighted by molar-refractivity contribution is -0.288. The molecule has 12 heavy (non-hydrogen) atoms. The molecule has 0 aliphatic rings. The highest BCUT2D eigenvalue weighted by molar-refractivity contribution is 7.81. The fraction of sp³-hybridized carbons (Fsp3) is 0.400. The first-order valence-electron chi connectivity index (χ1n) is 2.62. The number of alkyl halides is 5. The van der Waals surface area contributed by atoms with Crippen LogP contribution in [0.3, 0.4) is 0 Å². The molecular weight excluding hydrogens is 219 g/mol. The Balaban J connectivity index is 3.04. The monoisotopic (exact) mass is 220 g/mol. The Bertz CT molecular complexity index is 316. The molecule has 1 aromatic rings. The third kappa shape index (κ3) is 1.24. The van der Waals surface area contributed by atoms with Gasteiger partial charge in [-0.3, -0.25) is 0 Å². The Kier molecular flexibility index (Phi) is 1.99. The lowest BCUT2D eigenvalue weighted by Gasteiger charge is -2.15. The number of halogens is 5. The van der Waals surface area contributed by atoms with Crippen LogP contribution in [0.1, 0.15) is 5.56 Å². The van der Waals surface area contributed by atoms with E-state index in [-0.39, 0.29) is 0 Å². The summed E-state index contributed by atoms with van der Waals surface area (Å²) in [7, 11) is 0. The Morgan fingerprint density at radius 1 is 1.08 bits per heavy atom. The van der Waals surface area contributed by atoms with E-state index in [1.807, 2.05) is 0 Å². The van der Waals surface area contributed by atoms with Crippen molar-refractivity contribution >= 4 is 24.8 Å². The zero-order chi connectivity index (χ0) is 9.73. The van der Waals surface area contributed by atoms with Crippen LogP contribution in [-0.4, -0.2) is 6.18 Å². The highest BCUT2D eigenvalue weighted by atomic mass is 32.1. The van der Waals surface area contributed by atoms with Crippen LogP contribution in [-0.2, 0) is 5.92 Å². The van der Waals surface area contributed by atoms with Gasteiger partial charge in [-0.1, -0.05) is 12.2 Å². The zero-order valence-corrected chi connectivity index (χ0v) is 6.96. The third-order valence-corrected chi connectivity index (χ3v) is 2.29. The molecule has 0 atom stereocenters. The number of thiol groups is 1. The molecule has 0 aromatic heterocycles. The Labute approximate surface area is 74.5 Å². The van der Waals surface area contributed by atoms with Crippen LogP contribution in [0.2, 0.25) is 0 Å². The SMILES string of the molecule is FC(F)(F)C(F)(F)c1c(S)c1=S. The maximum atomic E-state index is 12.3. The number of rotatable bonds is 1. The van der Waals surface area contributed by atoms with Crippen molar-refractivity contribution < 1.29 is 22.0 Å². The van der Waals surface area contributed by atoms with Crippen molar-refractivity contribution in [3.05, 3.63) is 10.1 Å². The minimum atomic E-state index is -5.59. The van der Waals surface area contributed by atoms with Crippen LogP contribution >= 0.6 is 24.8 Å². The van der Waals surface area contributed by atoms with E-state index >= 15 is 0 Å². The Morgan fingerprint density at radius 2 is 1.42 bits per heavy atom. The van der Waals surface area contributed by atoms with E-state index in [0.29, 0.717) is 0 Å². The molecule has 0 nitrogen and oxygen atoms in total. The first-order chi connectivity index (χ1) is 5.19. The quantitative estimate of drug-likeness (QED) is 0.430. The van der Waals surface area contributed by atoms with Crippen molar-refractivity contribution in [3.8, 4) is 0 Å². The number of hydrogen-bond acceptors (Lipinski definition) is 2. The van der Waals surface area contributed by atoms with E-state index in [9.17, 15) is 22.0 Å². The summed E-state index contributed by atoms with van der Waals surface area (Å²) >= 11 is 7.53. The summed E-state index contributed by atoms with van der Waals surface area (Å²) in [6.45, 7) is 0. The second-order valence-corrected chi connectivity index (χ2v) is 2.98. The van der Waals surface area contributed by atoms with Gasteiger partial charge in [0, 0.05) is 4.90 Å². The molecule has 0 N–H and O–H groups in total. The molecule has 0 unspecified atom stereocenters. The van der Waals surface area contributed by atoms with Gasteiger partial charge in [0.15, 0.2) is 0 Å². The Hall–Kier alpha value is -0.170. The zero-order valence-electron chi connectivity index (χ0n) is 5.25. The van der Waals surface area contributed by atoms with Gasteiger partial charge in [-0.25, -0.2) is 0 Å². The molecule has 0 bridgehead atoms. The topological polar surface area (TPSA) is 0 Å². The first-order valence-corrected chi connectivity index (χ1v) is 3.48. The third-order valence-electron chi connectivity index (χ3n) is 1.29. The van der Waals surface area contributed by atoms with E-state index in [1.165, 1.54) is 0 Å². The van der Waals surface area contributed by atoms with Crippen molar-refractivity contribution in [2.45, 2.75) is 17.0 Å². The molecule has 0 heterocycles. The molecule has 1 aromatic carbocycles. The average Bonchev–Trinajstić information content (AvgIpc) is 2.38. The maximum absolute atomic E-state index is 12.3. The van der Waals surface area contributed by atoms with Gasteiger partial charge in [0.05, 0.1) is 10.1 Å². The van der Waals surface area contributed by atoms with Crippen LogP contribution in [0.5, 0.6) is 0 Å². The summed E-state index contributed by atoms with van der Waals surface area (Å²) in [6.07, 6.45) is -5.59. The molecular formula is C5HF5S2. The van der Waals surface area contributed by atoms with Gasteiger partial charge in [0.25, 0.3) is 0 Å². The van der Waals surface area contributed by atoms with Crippen LogP contribution in [0.4, 0.5) is 22.0 Å². The lowest BCUT2D eigenvalue weighted by atomic mass is 10.3. The fourth-order valence-corrected chi connectivity index (χ4v) is 1.26. The first kappa shape index (κ1) is 9.91.